The second-order valence-electron chi connectivity index (χ2n) is 3.81. The topological polar surface area (TPSA) is 50.9 Å². The Balaban J connectivity index is 2.18. The third-order valence-corrected chi connectivity index (χ3v) is 5.69. The number of hydrogen-bond acceptors (Lipinski definition) is 5. The van der Waals surface area contributed by atoms with Crippen LogP contribution >= 0.6 is 38.6 Å². The molecule has 0 saturated carbocycles. The highest BCUT2D eigenvalue weighted by Crippen LogP contribution is 2.31. The summed E-state index contributed by atoms with van der Waals surface area (Å²) in [7, 11) is 0. The van der Waals surface area contributed by atoms with Crippen LogP contribution in [0, 0.1) is 13.8 Å². The lowest BCUT2D eigenvalue weighted by molar-refractivity contribution is 0.557. The van der Waals surface area contributed by atoms with Gasteiger partial charge in [-0.3, -0.25) is 11.3 Å². The van der Waals surface area contributed by atoms with Gasteiger partial charge >= 0.3 is 0 Å². The van der Waals surface area contributed by atoms with Gasteiger partial charge in [0, 0.05) is 20.6 Å². The van der Waals surface area contributed by atoms with Crippen LogP contribution < -0.4 is 11.3 Å². The lowest BCUT2D eigenvalue weighted by Gasteiger charge is -2.13. The Labute approximate surface area is 117 Å². The summed E-state index contributed by atoms with van der Waals surface area (Å²) in [6, 6.07) is 2.16. The van der Waals surface area contributed by atoms with Gasteiger partial charge in [0.1, 0.15) is 0 Å². The van der Waals surface area contributed by atoms with Crippen LogP contribution in [0.3, 0.4) is 0 Å². The molecule has 2 aromatic rings. The van der Waals surface area contributed by atoms with Gasteiger partial charge in [-0.25, -0.2) is 4.98 Å². The second kappa shape index (κ2) is 5.58. The van der Waals surface area contributed by atoms with Crippen molar-refractivity contribution in [2.45, 2.75) is 26.3 Å². The smallest absolute Gasteiger partial charge is 0.0950 e. The molecule has 0 bridgehead atoms. The molecule has 2 aromatic heterocycles. The molecule has 17 heavy (non-hydrogen) atoms. The van der Waals surface area contributed by atoms with Crippen molar-refractivity contribution in [3.8, 4) is 0 Å². The van der Waals surface area contributed by atoms with Gasteiger partial charge in [0.05, 0.1) is 16.7 Å². The average Bonchev–Trinajstić information content (AvgIpc) is 2.83. The van der Waals surface area contributed by atoms with Crippen LogP contribution in [0.4, 0.5) is 0 Å². The summed E-state index contributed by atoms with van der Waals surface area (Å²) in [5.74, 6) is 5.64. The number of hydrogen-bond donors (Lipinski definition) is 2. The zero-order valence-electron chi connectivity index (χ0n) is 9.66. The number of thiophene rings is 1. The molecule has 3 nitrogen and oxygen atoms in total. The zero-order valence-corrected chi connectivity index (χ0v) is 12.9. The molecular weight excluding hydrogens is 318 g/mol. The third kappa shape index (κ3) is 2.95. The second-order valence-corrected chi connectivity index (χ2v) is 6.90. The standard InChI is InChI=1S/C11H14BrN3S2/c1-6-7(2)17-10(14-6)5-9(15-13)11-8(12)3-4-16-11/h3-4,9,15H,5,13H2,1-2H3. The molecule has 0 fully saturated rings. The maximum atomic E-state index is 5.64. The fourth-order valence-electron chi connectivity index (χ4n) is 1.58. The van der Waals surface area contributed by atoms with Gasteiger partial charge in [-0.15, -0.1) is 22.7 Å². The van der Waals surface area contributed by atoms with E-state index in [1.165, 1.54) is 9.75 Å². The molecule has 6 heteroatoms. The first-order valence-corrected chi connectivity index (χ1v) is 7.72. The number of thiazole rings is 1. The van der Waals surface area contributed by atoms with Crippen LogP contribution in [0.5, 0.6) is 0 Å². The van der Waals surface area contributed by atoms with E-state index in [2.05, 4.69) is 38.6 Å². The normalized spacial score (nSPS) is 12.9. The minimum Gasteiger partial charge on any atom is -0.271 e. The van der Waals surface area contributed by atoms with Gasteiger partial charge in [0.15, 0.2) is 0 Å². The summed E-state index contributed by atoms with van der Waals surface area (Å²) in [6.45, 7) is 4.14. The number of hydrazine groups is 1. The van der Waals surface area contributed by atoms with Crippen molar-refractivity contribution >= 4 is 38.6 Å². The Morgan fingerprint density at radius 2 is 2.29 bits per heavy atom. The predicted octanol–water partition coefficient (Wildman–Crippen LogP) is 3.33. The molecule has 3 N–H and O–H groups in total. The number of nitrogens with two attached hydrogens (primary N) is 1. The van der Waals surface area contributed by atoms with Crippen molar-refractivity contribution in [1.29, 1.82) is 0 Å². The van der Waals surface area contributed by atoms with E-state index in [0.717, 1.165) is 21.6 Å². The molecule has 2 heterocycles. The fraction of sp³-hybridized carbons (Fsp3) is 0.364. The number of aromatic nitrogens is 1. The number of nitrogens with one attached hydrogen (secondary N) is 1. The highest BCUT2D eigenvalue weighted by atomic mass is 79.9. The Bertz CT molecular complexity index is 487. The van der Waals surface area contributed by atoms with Crippen LogP contribution in [0.25, 0.3) is 0 Å². The SMILES string of the molecule is Cc1nc(CC(NN)c2sccc2Br)sc1C. The molecule has 1 unspecified atom stereocenters. The van der Waals surface area contributed by atoms with E-state index in [1.54, 1.807) is 22.7 Å². The average molecular weight is 332 g/mol. The molecule has 0 aliphatic rings. The summed E-state index contributed by atoms with van der Waals surface area (Å²) in [5, 5.41) is 3.19. The molecule has 92 valence electrons. The third-order valence-electron chi connectivity index (χ3n) is 2.61. The maximum absolute atomic E-state index is 5.64. The van der Waals surface area contributed by atoms with Gasteiger partial charge in [-0.05, 0) is 41.2 Å². The van der Waals surface area contributed by atoms with E-state index in [9.17, 15) is 0 Å². The van der Waals surface area contributed by atoms with Crippen molar-refractivity contribution in [3.63, 3.8) is 0 Å². The van der Waals surface area contributed by atoms with Crippen molar-refractivity contribution in [1.82, 2.24) is 10.4 Å². The van der Waals surface area contributed by atoms with Crippen LogP contribution in [0.15, 0.2) is 15.9 Å². The van der Waals surface area contributed by atoms with Crippen LogP contribution in [0.2, 0.25) is 0 Å². The highest BCUT2D eigenvalue weighted by Gasteiger charge is 2.17. The van der Waals surface area contributed by atoms with E-state index < -0.39 is 0 Å². The molecule has 2 rings (SSSR count). The minimum atomic E-state index is 0.120. The first kappa shape index (κ1) is 13.2. The fourth-order valence-corrected chi connectivity index (χ4v) is 4.27. The van der Waals surface area contributed by atoms with Crippen LogP contribution in [-0.2, 0) is 6.42 Å². The van der Waals surface area contributed by atoms with E-state index in [0.29, 0.717) is 0 Å². The van der Waals surface area contributed by atoms with Crippen molar-refractivity contribution < 1.29 is 0 Å². The Kier molecular flexibility index (Phi) is 4.32. The molecule has 0 aromatic carbocycles. The summed E-state index contributed by atoms with van der Waals surface area (Å²) >= 11 is 6.98. The van der Waals surface area contributed by atoms with E-state index >= 15 is 0 Å². The Morgan fingerprint density at radius 3 is 2.76 bits per heavy atom. The molecule has 0 aliphatic heterocycles. The van der Waals surface area contributed by atoms with Gasteiger partial charge in [0.25, 0.3) is 0 Å². The number of halogens is 1. The maximum Gasteiger partial charge on any atom is 0.0950 e. The molecule has 0 radical (unpaired) electrons. The monoisotopic (exact) mass is 331 g/mol. The zero-order chi connectivity index (χ0) is 12.4. The molecule has 0 amide bonds. The lowest BCUT2D eigenvalue weighted by atomic mass is 10.2. The summed E-state index contributed by atoms with van der Waals surface area (Å²) < 4.78 is 1.11. The van der Waals surface area contributed by atoms with Crippen LogP contribution in [-0.4, -0.2) is 4.98 Å². The number of rotatable bonds is 4. The predicted molar refractivity (Wildman–Crippen MR) is 77.4 cm³/mol. The molecule has 0 aliphatic carbocycles. The summed E-state index contributed by atoms with van der Waals surface area (Å²) in [6.07, 6.45) is 0.828. The van der Waals surface area contributed by atoms with Gasteiger partial charge < -0.3 is 0 Å². The Hall–Kier alpha value is -0.270. The molecule has 1 atom stereocenters. The molecule has 0 spiro atoms. The van der Waals surface area contributed by atoms with Crippen molar-refractivity contribution in [2.24, 2.45) is 5.84 Å². The Morgan fingerprint density at radius 1 is 1.53 bits per heavy atom. The van der Waals surface area contributed by atoms with Crippen molar-refractivity contribution in [3.05, 3.63) is 36.4 Å². The highest BCUT2D eigenvalue weighted by molar-refractivity contribution is 9.10. The summed E-state index contributed by atoms with van der Waals surface area (Å²) in [4.78, 5) is 7.05. The van der Waals surface area contributed by atoms with Gasteiger partial charge in [0.2, 0.25) is 0 Å². The first-order chi connectivity index (χ1) is 8.11. The lowest BCUT2D eigenvalue weighted by Crippen LogP contribution is -2.29. The number of aryl methyl sites for hydroxylation is 2. The van der Waals surface area contributed by atoms with E-state index in [4.69, 9.17) is 5.84 Å². The first-order valence-electron chi connectivity index (χ1n) is 5.23. The molecular formula is C11H14BrN3S2. The van der Waals surface area contributed by atoms with E-state index in [1.807, 2.05) is 13.0 Å². The number of nitrogens with zero attached hydrogens (tertiary/aromatic N) is 1. The largest absolute Gasteiger partial charge is 0.271 e. The van der Waals surface area contributed by atoms with Gasteiger partial charge in [-0.2, -0.15) is 0 Å². The quantitative estimate of drug-likeness (QED) is 0.667. The van der Waals surface area contributed by atoms with Gasteiger partial charge in [-0.1, -0.05) is 0 Å². The van der Waals surface area contributed by atoms with E-state index in [-0.39, 0.29) is 6.04 Å². The molecule has 0 saturated heterocycles. The minimum absolute atomic E-state index is 0.120. The summed E-state index contributed by atoms with van der Waals surface area (Å²) in [5.41, 5.74) is 3.99. The van der Waals surface area contributed by atoms with Crippen LogP contribution in [0.1, 0.15) is 26.5 Å². The van der Waals surface area contributed by atoms with Crippen molar-refractivity contribution in [2.75, 3.05) is 0 Å².